The molecule has 10 rings (SSSR count). The van der Waals surface area contributed by atoms with E-state index in [9.17, 15) is 35.6 Å². The summed E-state index contributed by atoms with van der Waals surface area (Å²) in [6, 6.07) is 17.4. The van der Waals surface area contributed by atoms with E-state index in [1.807, 2.05) is 24.8 Å². The Morgan fingerprint density at radius 3 is 1.37 bits per heavy atom. The van der Waals surface area contributed by atoms with Gasteiger partial charge in [0.25, 0.3) is 0 Å². The van der Waals surface area contributed by atoms with Gasteiger partial charge in [-0.05, 0) is 134 Å². The maximum absolute atomic E-state index is 13.7. The van der Waals surface area contributed by atoms with E-state index in [0.717, 1.165) is 102 Å². The van der Waals surface area contributed by atoms with Crippen molar-refractivity contribution in [1.82, 2.24) is 39.3 Å². The number of halogens is 5. The summed E-state index contributed by atoms with van der Waals surface area (Å²) in [5.41, 5.74) is -2.49. The number of piperidine rings is 4. The summed E-state index contributed by atoms with van der Waals surface area (Å²) in [6.45, 7) is 14.3. The predicted molar refractivity (Wildman–Crippen MR) is 283 cm³/mol. The molecule has 4 fully saturated rings. The van der Waals surface area contributed by atoms with Crippen LogP contribution in [0.1, 0.15) is 84.8 Å². The number of nitrogens with zero attached hydrogens (tertiary/aromatic N) is 11. The Balaban J connectivity index is 0.000000192. The summed E-state index contributed by atoms with van der Waals surface area (Å²) in [5.74, 6) is -0.967. The molecule has 0 amide bonds. The zero-order valence-corrected chi connectivity index (χ0v) is 45.4. The summed E-state index contributed by atoms with van der Waals surface area (Å²) in [4.78, 5) is 18.1. The van der Waals surface area contributed by atoms with E-state index in [2.05, 4.69) is 40.0 Å². The minimum absolute atomic E-state index is 0.00546. The van der Waals surface area contributed by atoms with Gasteiger partial charge in [-0.15, -0.1) is 10.2 Å². The van der Waals surface area contributed by atoms with Gasteiger partial charge in [0.2, 0.25) is 17.6 Å². The average Bonchev–Trinajstić information content (AvgIpc) is 4.14. The molecule has 0 N–H and O–H groups in total. The molecule has 18 nitrogen and oxygen atoms in total. The number of pyridine rings is 2. The largest absolute Gasteiger partial charge is 0.534 e. The predicted octanol–water partition coefficient (Wildman–Crippen LogP) is 8.95. The fourth-order valence-electron chi connectivity index (χ4n) is 10.9. The Kier molecular flexibility index (Phi) is 17.3. The van der Waals surface area contributed by atoms with E-state index in [-0.39, 0.29) is 35.7 Å². The van der Waals surface area contributed by atoms with E-state index in [0.29, 0.717) is 70.9 Å². The number of anilines is 2. The van der Waals surface area contributed by atoms with Gasteiger partial charge in [-0.1, -0.05) is 0 Å². The van der Waals surface area contributed by atoms with Crippen molar-refractivity contribution < 1.29 is 53.5 Å². The zero-order chi connectivity index (χ0) is 55.5. The molecule has 0 spiro atoms. The molecular weight excluding hydrogens is 1040 g/mol. The Labute approximate surface area is 450 Å². The van der Waals surface area contributed by atoms with E-state index >= 15 is 0 Å². The van der Waals surface area contributed by atoms with Gasteiger partial charge in [-0.3, -0.25) is 0 Å². The van der Waals surface area contributed by atoms with E-state index in [4.69, 9.17) is 24.0 Å². The van der Waals surface area contributed by atoms with Crippen LogP contribution in [0.2, 0.25) is 0 Å². The Bertz CT molecular complexity index is 3160. The summed E-state index contributed by atoms with van der Waals surface area (Å²) in [5, 5.41) is 20.2. The highest BCUT2D eigenvalue weighted by molar-refractivity contribution is 7.88. The van der Waals surface area contributed by atoms with Crippen LogP contribution in [0, 0.1) is 23.0 Å². The fraction of sp³-hybridized carbons (Fsp3) is 0.537. The van der Waals surface area contributed by atoms with Crippen molar-refractivity contribution in [3.63, 3.8) is 0 Å². The van der Waals surface area contributed by atoms with Gasteiger partial charge in [-0.25, -0.2) is 23.1 Å². The van der Waals surface area contributed by atoms with Gasteiger partial charge in [0, 0.05) is 84.7 Å². The van der Waals surface area contributed by atoms with Crippen LogP contribution >= 0.6 is 0 Å². The lowest BCUT2D eigenvalue weighted by atomic mass is 9.98. The molecule has 4 aliphatic heterocycles. The Morgan fingerprint density at radius 2 is 1.00 bits per heavy atom. The first-order chi connectivity index (χ1) is 37.3. The number of methoxy groups -OCH3 is 2. The van der Waals surface area contributed by atoms with Crippen LogP contribution in [0.15, 0.2) is 60.7 Å². The van der Waals surface area contributed by atoms with Gasteiger partial charge >= 0.3 is 15.6 Å². The van der Waals surface area contributed by atoms with E-state index in [1.165, 1.54) is 47.1 Å². The Morgan fingerprint density at radius 1 is 0.603 bits per heavy atom. The van der Waals surface area contributed by atoms with Crippen molar-refractivity contribution in [2.75, 3.05) is 76.4 Å². The number of hydrogen-bond acceptors (Lipinski definition) is 16. The fourth-order valence-corrected chi connectivity index (χ4v) is 11.3. The molecule has 0 saturated carbocycles. The summed E-state index contributed by atoms with van der Waals surface area (Å²) >= 11 is 0. The van der Waals surface area contributed by atoms with Gasteiger partial charge in [0.1, 0.15) is 34.2 Å². The molecule has 24 heteroatoms. The third kappa shape index (κ3) is 12.5. The SMILES string of the molecule is COC1CCN(C2CCN(c3cc(C#N)nc4c3c(OC(C)C)nn4-c3ccc(F)cc3)CC2)CC1.COC1CCN(C2CCN(c3cc(OS(=O)(=O)C(F)(F)F)nc4c3c(OC(C)C)nn4-c3ccc(F)cc3)CC2)CC1. The molecule has 78 heavy (non-hydrogen) atoms. The molecule has 0 radical (unpaired) electrons. The second kappa shape index (κ2) is 23.9. The maximum Gasteiger partial charge on any atom is 0.534 e. The minimum atomic E-state index is -6.00. The first kappa shape index (κ1) is 56.3. The van der Waals surface area contributed by atoms with Crippen molar-refractivity contribution in [2.24, 2.45) is 0 Å². The highest BCUT2D eigenvalue weighted by atomic mass is 32.2. The van der Waals surface area contributed by atoms with Gasteiger partial charge in [-0.2, -0.15) is 31.8 Å². The third-order valence-corrected chi connectivity index (χ3v) is 15.8. The summed E-state index contributed by atoms with van der Waals surface area (Å²) in [6.07, 6.45) is 7.99. The highest BCUT2D eigenvalue weighted by Crippen LogP contribution is 2.41. The lowest BCUT2D eigenvalue weighted by Gasteiger charge is -2.42. The van der Waals surface area contributed by atoms with Crippen LogP contribution in [0.25, 0.3) is 33.4 Å². The first-order valence-electron chi connectivity index (χ1n) is 26.5. The molecule has 0 bridgehead atoms. The topological polar surface area (TPSA) is 178 Å². The molecule has 4 saturated heterocycles. The number of likely N-dealkylation sites (tertiary alicyclic amines) is 2. The van der Waals surface area contributed by atoms with Gasteiger partial charge in [0.15, 0.2) is 11.3 Å². The lowest BCUT2D eigenvalue weighted by molar-refractivity contribution is -0.0501. The second-order valence-corrected chi connectivity index (χ2v) is 22.1. The minimum Gasteiger partial charge on any atom is -0.473 e. The molecule has 4 aliphatic rings. The van der Waals surface area contributed by atoms with Gasteiger partial charge in [0.05, 0.1) is 47.2 Å². The molecule has 420 valence electrons. The number of fused-ring (bicyclic) bond motifs is 2. The smallest absolute Gasteiger partial charge is 0.473 e. The van der Waals surface area contributed by atoms with Crippen LogP contribution in [-0.4, -0.2) is 156 Å². The number of hydrogen-bond donors (Lipinski definition) is 0. The summed E-state index contributed by atoms with van der Waals surface area (Å²) in [7, 11) is -2.47. The lowest BCUT2D eigenvalue weighted by Crippen LogP contribution is -2.48. The number of nitriles is 1. The average molecular weight is 1110 g/mol. The molecule has 0 atom stereocenters. The van der Waals surface area contributed by atoms with E-state index < -0.39 is 27.3 Å². The molecule has 8 heterocycles. The molecule has 2 aromatic carbocycles. The van der Waals surface area contributed by atoms with Crippen LogP contribution < -0.4 is 23.5 Å². The van der Waals surface area contributed by atoms with Crippen LogP contribution in [0.5, 0.6) is 17.6 Å². The van der Waals surface area contributed by atoms with E-state index in [1.54, 1.807) is 44.9 Å². The molecular formula is C54H66F5N11O7S. The highest BCUT2D eigenvalue weighted by Gasteiger charge is 2.49. The Hall–Kier alpha value is -6.39. The summed E-state index contributed by atoms with van der Waals surface area (Å²) < 4.78 is 121. The van der Waals surface area contributed by atoms with Crippen molar-refractivity contribution in [3.8, 4) is 35.1 Å². The van der Waals surface area contributed by atoms with Crippen molar-refractivity contribution in [1.29, 1.82) is 5.26 Å². The monoisotopic (exact) mass is 1110 g/mol. The number of ether oxygens (including phenoxy) is 4. The van der Waals surface area contributed by atoms with Crippen LogP contribution in [0.4, 0.5) is 33.3 Å². The number of rotatable bonds is 14. The number of alkyl halides is 3. The molecule has 4 aromatic heterocycles. The normalized spacial score (nSPS) is 18.2. The van der Waals surface area contributed by atoms with Gasteiger partial charge < -0.3 is 42.7 Å². The van der Waals surface area contributed by atoms with Crippen LogP contribution in [0.3, 0.4) is 0 Å². The molecule has 6 aromatic rings. The number of benzene rings is 2. The third-order valence-electron chi connectivity index (χ3n) is 14.8. The maximum atomic E-state index is 13.7. The van der Waals surface area contributed by atoms with Crippen molar-refractivity contribution in [3.05, 3.63) is 78.0 Å². The zero-order valence-electron chi connectivity index (χ0n) is 44.6. The van der Waals surface area contributed by atoms with Crippen molar-refractivity contribution >= 4 is 43.6 Å². The van der Waals surface area contributed by atoms with Crippen molar-refractivity contribution in [2.45, 2.75) is 121 Å². The molecule has 0 unspecified atom stereocenters. The van der Waals surface area contributed by atoms with Crippen LogP contribution in [-0.2, 0) is 19.6 Å². The number of aromatic nitrogens is 6. The molecule has 0 aliphatic carbocycles. The second-order valence-electron chi connectivity index (χ2n) is 20.6. The quantitative estimate of drug-likeness (QED) is 0.0573. The standard InChI is InChI=1S/C27H33F4N5O5S.C27H33FN6O2/c1-17(2)40-26-24-22(35-12-8-19(9-13-35)34-14-10-21(39-3)11-15-34)16-23(41-42(37,38)27(29,30)31)32-25(24)36(33-26)20-6-4-18(28)5-7-20;1-18(2)36-27-25-24(33-12-8-21(9-13-33)32-14-10-23(35-3)11-15-32)16-20(17-29)30-26(25)34(31-27)22-6-4-19(28)5-7-22/h4-7,16-17,19,21H,8-15H2,1-3H3;4-7,16,18,21,23H,8-15H2,1-3H3. The first-order valence-corrected chi connectivity index (χ1v) is 27.9.